The lowest BCUT2D eigenvalue weighted by molar-refractivity contribution is 0.768. The van der Waals surface area contributed by atoms with Crippen LogP contribution in [0.4, 0.5) is 17.1 Å². The van der Waals surface area contributed by atoms with Gasteiger partial charge in [-0.2, -0.15) is 5.10 Å². The lowest BCUT2D eigenvalue weighted by Crippen LogP contribution is -2.28. The van der Waals surface area contributed by atoms with Crippen molar-refractivity contribution in [3.8, 4) is 55.9 Å². The molecule has 0 saturated heterocycles. The number of nitrogens with zero attached hydrogens (tertiary/aromatic N) is 3. The summed E-state index contributed by atoms with van der Waals surface area (Å²) in [4.78, 5) is 2.48. The van der Waals surface area contributed by atoms with Crippen LogP contribution in [0.2, 0.25) is 0 Å². The van der Waals surface area contributed by atoms with E-state index in [1.54, 1.807) is 0 Å². The third kappa shape index (κ3) is 6.54. The van der Waals surface area contributed by atoms with Crippen LogP contribution < -0.4 is 4.90 Å². The highest BCUT2D eigenvalue weighted by Crippen LogP contribution is 2.59. The summed E-state index contributed by atoms with van der Waals surface area (Å²) in [6, 6.07) is 99.2. The molecule has 0 unspecified atom stereocenters. The quantitative estimate of drug-likeness (QED) is 0.144. The SMILES string of the molecule is c1ccc(-c2ccc(N(c3ccc4c(c3)cc(-c3ccccc3)n3nc(-c5ccccc5)c(-c5ccccc5)c43)c3cccc4c3-c3ccccc3C4(c3ccccc3)c3ccccc3)cc2)cc1. The molecule has 0 amide bonds. The van der Waals surface area contributed by atoms with Crippen molar-refractivity contribution in [2.45, 2.75) is 5.41 Å². The first-order chi connectivity index (χ1) is 34.3. The van der Waals surface area contributed by atoms with Gasteiger partial charge in [0, 0.05) is 39.0 Å². The van der Waals surface area contributed by atoms with Crippen LogP contribution in [0.3, 0.4) is 0 Å². The Morgan fingerprint density at radius 1 is 0.362 bits per heavy atom. The van der Waals surface area contributed by atoms with E-state index in [0.717, 1.165) is 67.0 Å². The Balaban J connectivity index is 1.10. The Labute approximate surface area is 402 Å². The number of fused-ring (bicyclic) bond motifs is 6. The lowest BCUT2D eigenvalue weighted by atomic mass is 9.68. The topological polar surface area (TPSA) is 20.5 Å². The second kappa shape index (κ2) is 16.7. The maximum atomic E-state index is 5.50. The summed E-state index contributed by atoms with van der Waals surface area (Å²) < 4.78 is 2.18. The normalized spacial score (nSPS) is 12.5. The fourth-order valence-corrected chi connectivity index (χ4v) is 11.1. The highest BCUT2D eigenvalue weighted by Gasteiger charge is 2.47. The molecule has 13 rings (SSSR count). The molecule has 69 heavy (non-hydrogen) atoms. The first kappa shape index (κ1) is 40.2. The van der Waals surface area contributed by atoms with Gasteiger partial charge in [-0.25, -0.2) is 4.52 Å². The van der Waals surface area contributed by atoms with E-state index in [0.29, 0.717) is 0 Å². The zero-order chi connectivity index (χ0) is 45.7. The Morgan fingerprint density at radius 2 is 0.870 bits per heavy atom. The monoisotopic (exact) mass is 879 g/mol. The molecule has 2 aromatic heterocycles. The number of anilines is 3. The van der Waals surface area contributed by atoms with E-state index in [1.165, 1.54) is 44.5 Å². The Hall–Kier alpha value is -9.05. The summed E-state index contributed by atoms with van der Waals surface area (Å²) in [6.45, 7) is 0. The maximum absolute atomic E-state index is 5.50. The molecule has 1 aliphatic carbocycles. The molecule has 12 aromatic rings. The fourth-order valence-electron chi connectivity index (χ4n) is 11.1. The summed E-state index contributed by atoms with van der Waals surface area (Å²) in [5, 5.41) is 7.75. The van der Waals surface area contributed by atoms with Crippen molar-refractivity contribution in [3.63, 3.8) is 0 Å². The smallest absolute Gasteiger partial charge is 0.101 e. The number of hydrogen-bond acceptors (Lipinski definition) is 2. The number of aromatic nitrogens is 2. The molecular formula is C66H45N3. The van der Waals surface area contributed by atoms with Crippen molar-refractivity contribution in [1.82, 2.24) is 9.61 Å². The van der Waals surface area contributed by atoms with Gasteiger partial charge >= 0.3 is 0 Å². The predicted octanol–water partition coefficient (Wildman–Crippen LogP) is 17.0. The number of hydrogen-bond donors (Lipinski definition) is 0. The van der Waals surface area contributed by atoms with Crippen LogP contribution in [0.25, 0.3) is 72.2 Å². The zero-order valence-electron chi connectivity index (χ0n) is 37.8. The summed E-state index contributed by atoms with van der Waals surface area (Å²) in [5.41, 5.74) is 20.0. The van der Waals surface area contributed by atoms with E-state index < -0.39 is 5.41 Å². The first-order valence-corrected chi connectivity index (χ1v) is 23.7. The van der Waals surface area contributed by atoms with Crippen LogP contribution in [0.5, 0.6) is 0 Å². The Bertz CT molecular complexity index is 3750. The standard InChI is InChI=1S/C66H45N3/c1-7-22-46(23-8-1)47-38-40-54(41-39-47)68(60-37-21-36-59-63(60)57-34-19-20-35-58(57)66(59,52-30-15-5-16-31-52)53-32-17-6-18-33-53)55-42-43-56-51(44-55)45-61(48-24-9-2-10-25-48)69-65(56)62(49-26-11-3-12-27-49)64(67-69)50-28-13-4-14-29-50/h1-45H. The van der Waals surface area contributed by atoms with Gasteiger partial charge < -0.3 is 4.90 Å². The van der Waals surface area contributed by atoms with Crippen molar-refractivity contribution in [3.05, 3.63) is 295 Å². The molecule has 1 aliphatic rings. The van der Waals surface area contributed by atoms with Gasteiger partial charge in [0.1, 0.15) is 5.69 Å². The van der Waals surface area contributed by atoms with Gasteiger partial charge in [0.05, 0.1) is 22.3 Å². The van der Waals surface area contributed by atoms with E-state index in [2.05, 4.69) is 282 Å². The maximum Gasteiger partial charge on any atom is 0.101 e. The van der Waals surface area contributed by atoms with Crippen LogP contribution in [0.15, 0.2) is 273 Å². The van der Waals surface area contributed by atoms with Gasteiger partial charge in [0.15, 0.2) is 0 Å². The van der Waals surface area contributed by atoms with Gasteiger partial charge in [0.2, 0.25) is 0 Å². The average Bonchev–Trinajstić information content (AvgIpc) is 3.98. The van der Waals surface area contributed by atoms with Crippen LogP contribution >= 0.6 is 0 Å². The molecule has 3 heteroatoms. The first-order valence-electron chi connectivity index (χ1n) is 23.7. The van der Waals surface area contributed by atoms with Gasteiger partial charge in [-0.1, -0.05) is 237 Å². The molecule has 2 heterocycles. The molecular weight excluding hydrogens is 835 g/mol. The minimum Gasteiger partial charge on any atom is -0.310 e. The van der Waals surface area contributed by atoms with Crippen LogP contribution in [-0.4, -0.2) is 9.61 Å². The molecule has 0 spiro atoms. The highest BCUT2D eigenvalue weighted by molar-refractivity contribution is 6.10. The largest absolute Gasteiger partial charge is 0.310 e. The second-order valence-corrected chi connectivity index (χ2v) is 17.9. The van der Waals surface area contributed by atoms with Gasteiger partial charge in [-0.15, -0.1) is 0 Å². The molecule has 324 valence electrons. The highest BCUT2D eigenvalue weighted by atomic mass is 15.2. The van der Waals surface area contributed by atoms with Crippen LogP contribution in [0, 0.1) is 0 Å². The lowest BCUT2D eigenvalue weighted by Gasteiger charge is -2.34. The van der Waals surface area contributed by atoms with E-state index in [9.17, 15) is 0 Å². The van der Waals surface area contributed by atoms with Crippen molar-refractivity contribution < 1.29 is 0 Å². The number of rotatable bonds is 9. The minimum absolute atomic E-state index is 0.542. The molecule has 0 N–H and O–H groups in total. The van der Waals surface area contributed by atoms with Gasteiger partial charge in [-0.05, 0) is 86.3 Å². The molecule has 3 nitrogen and oxygen atoms in total. The van der Waals surface area contributed by atoms with Crippen molar-refractivity contribution in [2.75, 3.05) is 4.90 Å². The summed E-state index contributed by atoms with van der Waals surface area (Å²) in [5.74, 6) is 0. The van der Waals surface area contributed by atoms with Gasteiger partial charge in [-0.3, -0.25) is 0 Å². The molecule has 10 aromatic carbocycles. The fraction of sp³-hybridized carbons (Fsp3) is 0.0152. The zero-order valence-corrected chi connectivity index (χ0v) is 37.8. The summed E-state index contributed by atoms with van der Waals surface area (Å²) in [7, 11) is 0. The van der Waals surface area contributed by atoms with Gasteiger partial charge in [0.25, 0.3) is 0 Å². The van der Waals surface area contributed by atoms with E-state index in [4.69, 9.17) is 5.10 Å². The molecule has 0 aliphatic heterocycles. The van der Waals surface area contributed by atoms with E-state index in [1.807, 2.05) is 0 Å². The number of benzene rings is 10. The van der Waals surface area contributed by atoms with Crippen molar-refractivity contribution in [2.24, 2.45) is 0 Å². The summed E-state index contributed by atoms with van der Waals surface area (Å²) in [6.07, 6.45) is 0. The third-order valence-corrected chi connectivity index (χ3v) is 14.1. The Morgan fingerprint density at radius 3 is 1.51 bits per heavy atom. The van der Waals surface area contributed by atoms with Crippen LogP contribution in [0.1, 0.15) is 22.3 Å². The Kier molecular flexibility index (Phi) is 9.73. The molecule has 0 bridgehead atoms. The van der Waals surface area contributed by atoms with Crippen molar-refractivity contribution in [1.29, 1.82) is 0 Å². The van der Waals surface area contributed by atoms with E-state index >= 15 is 0 Å². The molecule has 0 saturated carbocycles. The summed E-state index contributed by atoms with van der Waals surface area (Å²) >= 11 is 0. The molecule has 0 radical (unpaired) electrons. The number of pyridine rings is 1. The van der Waals surface area contributed by atoms with Crippen molar-refractivity contribution >= 4 is 33.4 Å². The average molecular weight is 880 g/mol. The molecule has 0 atom stereocenters. The third-order valence-electron chi connectivity index (χ3n) is 14.1. The van der Waals surface area contributed by atoms with Crippen LogP contribution in [-0.2, 0) is 5.41 Å². The minimum atomic E-state index is -0.542. The predicted molar refractivity (Wildman–Crippen MR) is 286 cm³/mol. The van der Waals surface area contributed by atoms with E-state index in [-0.39, 0.29) is 0 Å². The second-order valence-electron chi connectivity index (χ2n) is 17.9. The molecule has 0 fully saturated rings.